The summed E-state index contributed by atoms with van der Waals surface area (Å²) >= 11 is 3.04. The number of aryl methyl sites for hydroxylation is 1. The number of amides is 2. The number of rotatable bonds is 3. The summed E-state index contributed by atoms with van der Waals surface area (Å²) in [6.45, 7) is 1.98. The molecule has 7 heteroatoms. The maximum atomic E-state index is 12.2. The molecule has 1 saturated carbocycles. The lowest BCUT2D eigenvalue weighted by atomic mass is 9.99. The molecule has 20 heavy (non-hydrogen) atoms. The van der Waals surface area contributed by atoms with E-state index in [0.717, 1.165) is 36.4 Å². The largest absolute Gasteiger partial charge is 0.326 e. The molecule has 0 radical (unpaired) electrons. The first-order valence-corrected chi connectivity index (χ1v) is 8.35. The summed E-state index contributed by atoms with van der Waals surface area (Å²) in [6.07, 6.45) is 5.82. The highest BCUT2D eigenvalue weighted by Gasteiger charge is 2.39. The van der Waals surface area contributed by atoms with Crippen LogP contribution in [-0.4, -0.2) is 16.0 Å². The van der Waals surface area contributed by atoms with Gasteiger partial charge in [0.1, 0.15) is 5.01 Å². The predicted molar refractivity (Wildman–Crippen MR) is 81.3 cm³/mol. The molecule has 0 saturated heterocycles. The Kier molecular flexibility index (Phi) is 3.71. The minimum atomic E-state index is -0.305. The predicted octanol–water partition coefficient (Wildman–Crippen LogP) is 3.50. The highest BCUT2D eigenvalue weighted by molar-refractivity contribution is 7.13. The monoisotopic (exact) mass is 308 g/mol. The standard InChI is InChI=1S/C13H16N4OS2/c1-9-8-20-10(15-9)13(4-2-3-5-13)17-11(18)16-12-14-6-7-19-12/h6-8H,2-5H2,1H3,(H2,14,16,17,18). The van der Waals surface area contributed by atoms with Crippen molar-refractivity contribution in [3.63, 3.8) is 0 Å². The Morgan fingerprint density at radius 3 is 2.75 bits per heavy atom. The quantitative estimate of drug-likeness (QED) is 0.912. The van der Waals surface area contributed by atoms with Crippen molar-refractivity contribution in [2.75, 3.05) is 5.32 Å². The molecule has 2 N–H and O–H groups in total. The number of nitrogens with one attached hydrogen (secondary N) is 2. The van der Waals surface area contributed by atoms with Gasteiger partial charge in [0.2, 0.25) is 0 Å². The number of aromatic nitrogens is 2. The van der Waals surface area contributed by atoms with Crippen molar-refractivity contribution in [2.45, 2.75) is 38.1 Å². The summed E-state index contributed by atoms with van der Waals surface area (Å²) in [5.74, 6) is 0. The van der Waals surface area contributed by atoms with Crippen molar-refractivity contribution in [3.8, 4) is 0 Å². The van der Waals surface area contributed by atoms with E-state index in [4.69, 9.17) is 0 Å². The molecule has 2 aromatic heterocycles. The average Bonchev–Trinajstić information content (AvgIpc) is 3.11. The van der Waals surface area contributed by atoms with Gasteiger partial charge in [0.15, 0.2) is 5.13 Å². The Morgan fingerprint density at radius 2 is 2.15 bits per heavy atom. The van der Waals surface area contributed by atoms with E-state index in [1.54, 1.807) is 17.5 Å². The molecule has 1 aliphatic carbocycles. The average molecular weight is 308 g/mol. The number of hydrogen-bond acceptors (Lipinski definition) is 5. The van der Waals surface area contributed by atoms with E-state index in [9.17, 15) is 4.79 Å². The summed E-state index contributed by atoms with van der Waals surface area (Å²) in [4.78, 5) is 20.8. The Labute approximate surface area is 125 Å². The zero-order valence-electron chi connectivity index (χ0n) is 11.2. The fraction of sp³-hybridized carbons (Fsp3) is 0.462. The van der Waals surface area contributed by atoms with Gasteiger partial charge in [-0.25, -0.2) is 14.8 Å². The lowest BCUT2D eigenvalue weighted by Crippen LogP contribution is -2.45. The Bertz CT molecular complexity index is 587. The van der Waals surface area contributed by atoms with Crippen LogP contribution < -0.4 is 10.6 Å². The van der Waals surface area contributed by atoms with Gasteiger partial charge in [-0.1, -0.05) is 12.8 Å². The van der Waals surface area contributed by atoms with Crippen LogP contribution in [0.4, 0.5) is 9.93 Å². The summed E-state index contributed by atoms with van der Waals surface area (Å²) in [5.41, 5.74) is 0.707. The number of anilines is 1. The third kappa shape index (κ3) is 2.69. The number of urea groups is 1. The lowest BCUT2D eigenvalue weighted by molar-refractivity contribution is 0.236. The molecule has 1 aliphatic rings. The van der Waals surface area contributed by atoms with Crippen molar-refractivity contribution < 1.29 is 4.79 Å². The summed E-state index contributed by atoms with van der Waals surface area (Å²) in [6, 6.07) is -0.199. The topological polar surface area (TPSA) is 66.9 Å². The van der Waals surface area contributed by atoms with Crippen LogP contribution in [0.15, 0.2) is 17.0 Å². The van der Waals surface area contributed by atoms with Crippen LogP contribution in [0.2, 0.25) is 0 Å². The van der Waals surface area contributed by atoms with Crippen molar-refractivity contribution in [2.24, 2.45) is 0 Å². The molecule has 0 aliphatic heterocycles. The Balaban J connectivity index is 1.76. The first-order chi connectivity index (χ1) is 9.68. The van der Waals surface area contributed by atoms with Crippen LogP contribution in [0.3, 0.4) is 0 Å². The highest BCUT2D eigenvalue weighted by Crippen LogP contribution is 2.40. The van der Waals surface area contributed by atoms with E-state index in [0.29, 0.717) is 5.13 Å². The number of carbonyl (C=O) groups is 1. The first-order valence-electron chi connectivity index (χ1n) is 6.59. The molecular weight excluding hydrogens is 292 g/mol. The number of thiazole rings is 2. The second-order valence-electron chi connectivity index (χ2n) is 5.00. The van der Waals surface area contributed by atoms with Crippen molar-refractivity contribution in [1.82, 2.24) is 15.3 Å². The molecule has 2 heterocycles. The fourth-order valence-corrected chi connectivity index (χ4v) is 4.11. The van der Waals surface area contributed by atoms with Gasteiger partial charge in [-0.3, -0.25) is 5.32 Å². The van der Waals surface area contributed by atoms with E-state index in [-0.39, 0.29) is 11.6 Å². The molecule has 0 atom stereocenters. The molecule has 1 fully saturated rings. The lowest BCUT2D eigenvalue weighted by Gasteiger charge is -2.27. The second kappa shape index (κ2) is 5.49. The van der Waals surface area contributed by atoms with E-state index >= 15 is 0 Å². The number of hydrogen-bond donors (Lipinski definition) is 2. The van der Waals surface area contributed by atoms with Gasteiger partial charge in [-0.2, -0.15) is 0 Å². The zero-order chi connectivity index (χ0) is 14.0. The molecule has 2 aromatic rings. The van der Waals surface area contributed by atoms with Crippen LogP contribution in [-0.2, 0) is 5.54 Å². The van der Waals surface area contributed by atoms with Gasteiger partial charge in [0, 0.05) is 22.7 Å². The van der Waals surface area contributed by atoms with Crippen molar-refractivity contribution >= 4 is 33.8 Å². The van der Waals surface area contributed by atoms with Gasteiger partial charge in [-0.15, -0.1) is 22.7 Å². The van der Waals surface area contributed by atoms with E-state index in [1.807, 2.05) is 17.7 Å². The zero-order valence-corrected chi connectivity index (χ0v) is 12.8. The van der Waals surface area contributed by atoms with Crippen LogP contribution in [0.25, 0.3) is 0 Å². The van der Waals surface area contributed by atoms with Crippen LogP contribution in [0.5, 0.6) is 0 Å². The highest BCUT2D eigenvalue weighted by atomic mass is 32.1. The molecule has 0 aromatic carbocycles. The van der Waals surface area contributed by atoms with Gasteiger partial charge < -0.3 is 5.32 Å². The molecule has 3 rings (SSSR count). The molecule has 0 bridgehead atoms. The van der Waals surface area contributed by atoms with Gasteiger partial charge in [-0.05, 0) is 19.8 Å². The fourth-order valence-electron chi connectivity index (χ4n) is 2.58. The summed E-state index contributed by atoms with van der Waals surface area (Å²) in [5, 5.41) is 11.4. The van der Waals surface area contributed by atoms with Gasteiger partial charge in [0.05, 0.1) is 5.54 Å². The first kappa shape index (κ1) is 13.5. The van der Waals surface area contributed by atoms with Crippen LogP contribution in [0.1, 0.15) is 36.4 Å². The molecule has 2 amide bonds. The smallest absolute Gasteiger partial charge is 0.321 e. The SMILES string of the molecule is Cc1csc(C2(NC(=O)Nc3nccs3)CCCC2)n1. The summed E-state index contributed by atoms with van der Waals surface area (Å²) in [7, 11) is 0. The van der Waals surface area contributed by atoms with Gasteiger partial charge >= 0.3 is 6.03 Å². The molecular formula is C13H16N4OS2. The number of carbonyl (C=O) groups excluding carboxylic acids is 1. The minimum Gasteiger partial charge on any atom is -0.326 e. The Morgan fingerprint density at radius 1 is 1.35 bits per heavy atom. The third-order valence-corrected chi connectivity index (χ3v) is 5.34. The van der Waals surface area contributed by atoms with Crippen molar-refractivity contribution in [1.29, 1.82) is 0 Å². The maximum Gasteiger partial charge on any atom is 0.321 e. The number of nitrogens with zero attached hydrogens (tertiary/aromatic N) is 2. The molecule has 0 unspecified atom stereocenters. The second-order valence-corrected chi connectivity index (χ2v) is 6.75. The van der Waals surface area contributed by atoms with E-state index in [1.165, 1.54) is 11.3 Å². The minimum absolute atomic E-state index is 0.199. The third-order valence-electron chi connectivity index (χ3n) is 3.49. The molecule has 106 valence electrons. The van der Waals surface area contributed by atoms with Gasteiger partial charge in [0.25, 0.3) is 0 Å². The van der Waals surface area contributed by atoms with E-state index < -0.39 is 0 Å². The van der Waals surface area contributed by atoms with Crippen LogP contribution in [0, 0.1) is 6.92 Å². The maximum absolute atomic E-state index is 12.2. The summed E-state index contributed by atoms with van der Waals surface area (Å²) < 4.78 is 0. The molecule has 5 nitrogen and oxygen atoms in total. The molecule has 0 spiro atoms. The van der Waals surface area contributed by atoms with E-state index in [2.05, 4.69) is 20.6 Å². The van der Waals surface area contributed by atoms with Crippen LogP contribution >= 0.6 is 22.7 Å². The Hall–Kier alpha value is -1.47. The van der Waals surface area contributed by atoms with Crippen molar-refractivity contribution in [3.05, 3.63) is 27.7 Å². The normalized spacial score (nSPS) is 17.1.